The summed E-state index contributed by atoms with van der Waals surface area (Å²) >= 11 is 0. The molecule has 0 aliphatic heterocycles. The first-order chi connectivity index (χ1) is 7.75. The number of hydrogen-bond donors (Lipinski definition) is 0. The number of aryl methyl sites for hydroxylation is 1. The van der Waals surface area contributed by atoms with Gasteiger partial charge in [-0.3, -0.25) is 4.79 Å². The van der Waals surface area contributed by atoms with Crippen molar-refractivity contribution >= 4 is 5.78 Å². The molecular weight excluding hydrogens is 200 g/mol. The molecule has 3 nitrogen and oxygen atoms in total. The van der Waals surface area contributed by atoms with Gasteiger partial charge in [0.2, 0.25) is 5.78 Å². The zero-order valence-corrected chi connectivity index (χ0v) is 9.05. The van der Waals surface area contributed by atoms with E-state index in [9.17, 15) is 4.79 Å². The van der Waals surface area contributed by atoms with Crippen molar-refractivity contribution < 1.29 is 4.79 Å². The summed E-state index contributed by atoms with van der Waals surface area (Å²) in [5, 5.41) is 0. The molecule has 16 heavy (non-hydrogen) atoms. The second kappa shape index (κ2) is 4.66. The van der Waals surface area contributed by atoms with Crippen molar-refractivity contribution in [1.82, 2.24) is 9.97 Å². The summed E-state index contributed by atoms with van der Waals surface area (Å²) in [6.07, 6.45) is 3.51. The van der Waals surface area contributed by atoms with E-state index in [0.29, 0.717) is 6.42 Å². The molecule has 1 aromatic heterocycles. The number of aromatic nitrogens is 2. The minimum absolute atomic E-state index is 0.0498. The number of nitrogens with zero attached hydrogens (tertiary/aromatic N) is 2. The van der Waals surface area contributed by atoms with Crippen LogP contribution in [0.15, 0.2) is 42.7 Å². The number of benzene rings is 1. The summed E-state index contributed by atoms with van der Waals surface area (Å²) in [7, 11) is 0. The van der Waals surface area contributed by atoms with Crippen molar-refractivity contribution in [2.24, 2.45) is 0 Å². The molecule has 0 aliphatic rings. The summed E-state index contributed by atoms with van der Waals surface area (Å²) in [6.45, 7) is 2.01. The van der Waals surface area contributed by atoms with E-state index in [1.165, 1.54) is 0 Å². The molecule has 1 aromatic carbocycles. The summed E-state index contributed by atoms with van der Waals surface area (Å²) in [6, 6.07) is 9.59. The lowest BCUT2D eigenvalue weighted by molar-refractivity contribution is 0.0983. The van der Waals surface area contributed by atoms with E-state index in [2.05, 4.69) is 9.97 Å². The molecule has 0 aliphatic carbocycles. The van der Waals surface area contributed by atoms with Gasteiger partial charge in [-0.1, -0.05) is 29.8 Å². The molecule has 2 rings (SSSR count). The lowest BCUT2D eigenvalue weighted by atomic mass is 10.1. The topological polar surface area (TPSA) is 42.9 Å². The monoisotopic (exact) mass is 212 g/mol. The molecule has 0 spiro atoms. The van der Waals surface area contributed by atoms with Gasteiger partial charge >= 0.3 is 0 Å². The first-order valence-corrected chi connectivity index (χ1v) is 5.11. The number of rotatable bonds is 3. The summed E-state index contributed by atoms with van der Waals surface area (Å²) in [5.74, 6) is 0.232. The fraction of sp³-hybridized carbons (Fsp3) is 0.154. The Morgan fingerprint density at radius 2 is 1.94 bits per heavy atom. The molecule has 0 unspecified atom stereocenters. The van der Waals surface area contributed by atoms with Gasteiger partial charge in [-0.15, -0.1) is 0 Å². The Morgan fingerprint density at radius 1 is 1.19 bits per heavy atom. The fourth-order valence-corrected chi connectivity index (χ4v) is 1.53. The van der Waals surface area contributed by atoms with Gasteiger partial charge in [-0.05, 0) is 18.6 Å². The second-order valence-corrected chi connectivity index (χ2v) is 3.66. The molecule has 0 radical (unpaired) electrons. The van der Waals surface area contributed by atoms with Gasteiger partial charge in [-0.2, -0.15) is 0 Å². The van der Waals surface area contributed by atoms with Crippen LogP contribution in [0, 0.1) is 6.92 Å². The van der Waals surface area contributed by atoms with Crippen molar-refractivity contribution in [1.29, 1.82) is 0 Å². The quantitative estimate of drug-likeness (QED) is 0.732. The van der Waals surface area contributed by atoms with Crippen molar-refractivity contribution in [3.05, 3.63) is 59.7 Å². The molecule has 0 saturated heterocycles. The van der Waals surface area contributed by atoms with Crippen LogP contribution in [0.1, 0.15) is 21.7 Å². The molecule has 2 aromatic rings. The number of hydrogen-bond acceptors (Lipinski definition) is 3. The predicted octanol–water partition coefficient (Wildman–Crippen LogP) is 2.21. The van der Waals surface area contributed by atoms with Crippen molar-refractivity contribution in [2.45, 2.75) is 13.3 Å². The molecule has 0 N–H and O–H groups in total. The third-order valence-electron chi connectivity index (χ3n) is 2.26. The number of carbonyl (C=O) groups is 1. The highest BCUT2D eigenvalue weighted by Gasteiger charge is 2.08. The Hall–Kier alpha value is -2.03. The highest BCUT2D eigenvalue weighted by molar-refractivity contribution is 5.93. The van der Waals surface area contributed by atoms with E-state index < -0.39 is 0 Å². The lowest BCUT2D eigenvalue weighted by Crippen LogP contribution is -2.07. The van der Waals surface area contributed by atoms with Crippen molar-refractivity contribution in [3.63, 3.8) is 0 Å². The van der Waals surface area contributed by atoms with Gasteiger partial charge in [0.05, 0.1) is 0 Å². The molecule has 0 saturated carbocycles. The van der Waals surface area contributed by atoms with Crippen LogP contribution >= 0.6 is 0 Å². The fourth-order valence-electron chi connectivity index (χ4n) is 1.53. The normalized spacial score (nSPS) is 10.1. The smallest absolute Gasteiger partial charge is 0.204 e. The Bertz CT molecular complexity index is 494. The molecule has 0 amide bonds. The first kappa shape index (κ1) is 10.5. The molecule has 0 atom stereocenters. The van der Waals surface area contributed by atoms with Crippen LogP contribution in [0.4, 0.5) is 0 Å². The Balaban J connectivity index is 2.14. The van der Waals surface area contributed by atoms with E-state index in [1.54, 1.807) is 18.5 Å². The lowest BCUT2D eigenvalue weighted by Gasteiger charge is -2.01. The van der Waals surface area contributed by atoms with Crippen molar-refractivity contribution in [3.8, 4) is 0 Å². The molecule has 1 heterocycles. The van der Waals surface area contributed by atoms with Gasteiger partial charge in [0.1, 0.15) is 0 Å². The minimum Gasteiger partial charge on any atom is -0.290 e. The maximum atomic E-state index is 11.8. The van der Waals surface area contributed by atoms with E-state index in [4.69, 9.17) is 0 Å². The predicted molar refractivity (Wildman–Crippen MR) is 61.2 cm³/mol. The van der Waals surface area contributed by atoms with E-state index >= 15 is 0 Å². The number of ketones is 1. The second-order valence-electron chi connectivity index (χ2n) is 3.66. The summed E-state index contributed by atoms with van der Waals surface area (Å²) in [5.41, 5.74) is 2.15. The Morgan fingerprint density at radius 3 is 2.62 bits per heavy atom. The largest absolute Gasteiger partial charge is 0.290 e. The maximum Gasteiger partial charge on any atom is 0.204 e. The molecule has 80 valence electrons. The zero-order chi connectivity index (χ0) is 11.4. The van der Waals surface area contributed by atoms with E-state index in [1.807, 2.05) is 31.2 Å². The van der Waals surface area contributed by atoms with Gasteiger partial charge in [0.25, 0.3) is 0 Å². The van der Waals surface area contributed by atoms with Crippen LogP contribution in [-0.2, 0) is 6.42 Å². The zero-order valence-electron chi connectivity index (χ0n) is 9.05. The van der Waals surface area contributed by atoms with Crippen molar-refractivity contribution in [2.75, 3.05) is 0 Å². The Labute approximate surface area is 94.2 Å². The maximum absolute atomic E-state index is 11.8. The summed E-state index contributed by atoms with van der Waals surface area (Å²) in [4.78, 5) is 19.7. The van der Waals surface area contributed by atoms with Gasteiger partial charge < -0.3 is 0 Å². The third kappa shape index (κ3) is 2.51. The number of Topliss-reactive ketones (excluding diaryl/α,β-unsaturated/α-hetero) is 1. The van der Waals surface area contributed by atoms with Gasteiger partial charge in [-0.25, -0.2) is 9.97 Å². The van der Waals surface area contributed by atoms with Crippen LogP contribution in [-0.4, -0.2) is 15.8 Å². The highest BCUT2D eigenvalue weighted by Crippen LogP contribution is 2.06. The third-order valence-corrected chi connectivity index (χ3v) is 2.26. The summed E-state index contributed by atoms with van der Waals surface area (Å²) < 4.78 is 0. The average Bonchev–Trinajstić information content (AvgIpc) is 2.30. The SMILES string of the molecule is Cc1cccc(CC(=O)c2ncccn2)c1. The molecular formula is C13H12N2O. The average molecular weight is 212 g/mol. The van der Waals surface area contributed by atoms with Gasteiger partial charge in [0.15, 0.2) is 5.82 Å². The minimum atomic E-state index is -0.0498. The van der Waals surface area contributed by atoms with Crippen LogP contribution in [0.5, 0.6) is 0 Å². The Kier molecular flexibility index (Phi) is 3.05. The van der Waals surface area contributed by atoms with Crippen LogP contribution < -0.4 is 0 Å². The molecule has 3 heteroatoms. The van der Waals surface area contributed by atoms with E-state index in [-0.39, 0.29) is 11.6 Å². The van der Waals surface area contributed by atoms with Crippen LogP contribution in [0.3, 0.4) is 0 Å². The van der Waals surface area contributed by atoms with E-state index in [0.717, 1.165) is 11.1 Å². The number of carbonyl (C=O) groups excluding carboxylic acids is 1. The van der Waals surface area contributed by atoms with Crippen LogP contribution in [0.25, 0.3) is 0 Å². The van der Waals surface area contributed by atoms with Crippen LogP contribution in [0.2, 0.25) is 0 Å². The highest BCUT2D eigenvalue weighted by atomic mass is 16.1. The molecule has 0 fully saturated rings. The first-order valence-electron chi connectivity index (χ1n) is 5.11. The van der Waals surface area contributed by atoms with Gasteiger partial charge in [0, 0.05) is 18.8 Å². The molecule has 0 bridgehead atoms. The standard InChI is InChI=1S/C13H12N2O/c1-10-4-2-5-11(8-10)9-12(16)13-14-6-3-7-15-13/h2-8H,9H2,1H3.